The molecule has 1 aromatic carbocycles. The van der Waals surface area contributed by atoms with E-state index < -0.39 is 25.1 Å². The molecule has 0 aliphatic carbocycles. The second kappa shape index (κ2) is 15.7. The first-order valence-electron chi connectivity index (χ1n) is 11.3. The molecule has 0 aliphatic rings. The molecule has 180 valence electrons. The van der Waals surface area contributed by atoms with Crippen molar-refractivity contribution < 1.29 is 32.7 Å². The molecule has 0 radical (unpaired) electrons. The summed E-state index contributed by atoms with van der Waals surface area (Å²) in [5.74, 6) is -1.32. The Kier molecular flexibility index (Phi) is 13.8. The van der Waals surface area contributed by atoms with Gasteiger partial charge in [0.15, 0.2) is 0 Å². The highest BCUT2D eigenvalue weighted by atomic mass is 31.2. The molecule has 0 spiro atoms. The Bertz CT molecular complexity index is 753. The summed E-state index contributed by atoms with van der Waals surface area (Å²) in [6, 6.07) is 8.44. The van der Waals surface area contributed by atoms with E-state index in [-0.39, 0.29) is 38.7 Å². The van der Waals surface area contributed by atoms with E-state index in [2.05, 4.69) is 4.99 Å². The smallest absolute Gasteiger partial charge is 0.343 e. The summed E-state index contributed by atoms with van der Waals surface area (Å²) in [6.07, 6.45) is 2.64. The van der Waals surface area contributed by atoms with E-state index in [4.69, 9.17) is 18.5 Å². The number of benzene rings is 1. The number of hydrogen-bond acceptors (Lipinski definition) is 7. The van der Waals surface area contributed by atoms with E-state index in [1.807, 2.05) is 13.8 Å². The number of amides is 1. The van der Waals surface area contributed by atoms with Crippen molar-refractivity contribution >= 4 is 25.4 Å². The molecule has 1 amide bonds. The van der Waals surface area contributed by atoms with Crippen molar-refractivity contribution in [1.82, 2.24) is 0 Å². The van der Waals surface area contributed by atoms with Crippen LogP contribution in [0.25, 0.3) is 0 Å². The van der Waals surface area contributed by atoms with Gasteiger partial charge < -0.3 is 18.5 Å². The number of rotatable bonds is 15. The molecule has 0 bridgehead atoms. The SMILES string of the molecule is CCCCOP(=O)(OCCCC)C(CC(=O)OCC)C(=NC(=O)c1ccccc1)OCC. The van der Waals surface area contributed by atoms with E-state index in [0.29, 0.717) is 18.4 Å². The maximum atomic E-state index is 13.9. The Morgan fingerprint density at radius 1 is 0.906 bits per heavy atom. The number of esters is 1. The number of nitrogens with zero attached hydrogens (tertiary/aromatic N) is 1. The highest BCUT2D eigenvalue weighted by molar-refractivity contribution is 7.55. The first-order valence-corrected chi connectivity index (χ1v) is 12.9. The van der Waals surface area contributed by atoms with Gasteiger partial charge in [-0.2, -0.15) is 4.99 Å². The Morgan fingerprint density at radius 2 is 1.47 bits per heavy atom. The van der Waals surface area contributed by atoms with Gasteiger partial charge in [-0.15, -0.1) is 0 Å². The monoisotopic (exact) mass is 469 g/mol. The molecule has 0 saturated carbocycles. The van der Waals surface area contributed by atoms with Gasteiger partial charge in [-0.3, -0.25) is 14.2 Å². The summed E-state index contributed by atoms with van der Waals surface area (Å²) >= 11 is 0. The van der Waals surface area contributed by atoms with Crippen LogP contribution in [0, 0.1) is 0 Å². The lowest BCUT2D eigenvalue weighted by atomic mass is 10.2. The molecule has 32 heavy (non-hydrogen) atoms. The number of unbranched alkanes of at least 4 members (excludes halogenated alkanes) is 2. The van der Waals surface area contributed by atoms with E-state index in [1.165, 1.54) is 0 Å². The summed E-state index contributed by atoms with van der Waals surface area (Å²) in [5, 5.41) is 0. The van der Waals surface area contributed by atoms with Gasteiger partial charge in [-0.05, 0) is 38.8 Å². The highest BCUT2D eigenvalue weighted by Crippen LogP contribution is 2.55. The Balaban J connectivity index is 3.39. The van der Waals surface area contributed by atoms with E-state index in [9.17, 15) is 14.2 Å². The van der Waals surface area contributed by atoms with Crippen LogP contribution in [0.2, 0.25) is 0 Å². The summed E-state index contributed by atoms with van der Waals surface area (Å²) < 4.78 is 36.1. The predicted molar refractivity (Wildman–Crippen MR) is 124 cm³/mol. The average molecular weight is 470 g/mol. The third-order valence-electron chi connectivity index (χ3n) is 4.40. The summed E-state index contributed by atoms with van der Waals surface area (Å²) in [5.41, 5.74) is -0.851. The summed E-state index contributed by atoms with van der Waals surface area (Å²) in [7, 11) is -3.91. The van der Waals surface area contributed by atoms with Crippen molar-refractivity contribution in [2.75, 3.05) is 26.4 Å². The van der Waals surface area contributed by atoms with Crippen LogP contribution in [0.5, 0.6) is 0 Å². The highest BCUT2D eigenvalue weighted by Gasteiger charge is 2.43. The number of carbonyl (C=O) groups is 2. The Morgan fingerprint density at radius 3 is 1.97 bits per heavy atom. The van der Waals surface area contributed by atoms with Gasteiger partial charge in [0, 0.05) is 5.56 Å². The fourth-order valence-electron chi connectivity index (χ4n) is 2.70. The number of aliphatic imine (C=N–C) groups is 1. The fraction of sp³-hybridized carbons (Fsp3) is 0.609. The second-order valence-corrected chi connectivity index (χ2v) is 9.21. The van der Waals surface area contributed by atoms with Crippen LogP contribution < -0.4 is 0 Å². The topological polar surface area (TPSA) is 100 Å². The van der Waals surface area contributed by atoms with Crippen molar-refractivity contribution in [3.05, 3.63) is 35.9 Å². The fourth-order valence-corrected chi connectivity index (χ4v) is 4.67. The van der Waals surface area contributed by atoms with Gasteiger partial charge in [0.25, 0.3) is 5.91 Å². The first-order chi connectivity index (χ1) is 15.4. The van der Waals surface area contributed by atoms with Gasteiger partial charge in [-0.1, -0.05) is 44.9 Å². The normalized spacial score (nSPS) is 12.9. The molecule has 0 fully saturated rings. The van der Waals surface area contributed by atoms with Gasteiger partial charge in [0.05, 0.1) is 32.8 Å². The van der Waals surface area contributed by atoms with Crippen LogP contribution in [0.4, 0.5) is 0 Å². The molecule has 0 N–H and O–H groups in total. The lowest BCUT2D eigenvalue weighted by molar-refractivity contribution is -0.143. The van der Waals surface area contributed by atoms with Crippen LogP contribution in [0.15, 0.2) is 35.3 Å². The summed E-state index contributed by atoms with van der Waals surface area (Å²) in [6.45, 7) is 8.04. The second-order valence-electron chi connectivity index (χ2n) is 6.99. The number of carbonyl (C=O) groups excluding carboxylic acids is 2. The lowest BCUT2D eigenvalue weighted by Crippen LogP contribution is -2.30. The minimum Gasteiger partial charge on any atom is -0.480 e. The molecule has 1 atom stereocenters. The van der Waals surface area contributed by atoms with Crippen LogP contribution >= 0.6 is 7.60 Å². The molecule has 0 aromatic heterocycles. The maximum absolute atomic E-state index is 13.9. The van der Waals surface area contributed by atoms with Crippen molar-refractivity contribution in [3.8, 4) is 0 Å². The number of hydrogen-bond donors (Lipinski definition) is 0. The maximum Gasteiger partial charge on any atom is 0.343 e. The largest absolute Gasteiger partial charge is 0.480 e. The standard InChI is InChI=1S/C23H36NO7P/c1-5-9-16-30-32(27,31-17-10-6-2)20(18-21(25)28-7-3)23(29-8-4)24-22(26)19-14-12-11-13-15-19/h11-15,20H,5-10,16-18H2,1-4H3. The predicted octanol–water partition coefficient (Wildman–Crippen LogP) is 5.41. The summed E-state index contributed by atoms with van der Waals surface area (Å²) in [4.78, 5) is 29.2. The van der Waals surface area contributed by atoms with Crippen LogP contribution in [0.3, 0.4) is 0 Å². The van der Waals surface area contributed by atoms with Crippen LogP contribution in [0.1, 0.15) is 70.2 Å². The van der Waals surface area contributed by atoms with Crippen LogP contribution in [-0.2, 0) is 27.9 Å². The lowest BCUT2D eigenvalue weighted by Gasteiger charge is -2.27. The molecule has 0 aliphatic heterocycles. The van der Waals surface area contributed by atoms with Gasteiger partial charge >= 0.3 is 13.6 Å². The van der Waals surface area contributed by atoms with Crippen molar-refractivity contribution in [2.45, 2.75) is 65.5 Å². The molecular weight excluding hydrogens is 433 g/mol. The zero-order valence-electron chi connectivity index (χ0n) is 19.6. The van der Waals surface area contributed by atoms with Gasteiger partial charge in [0.1, 0.15) is 5.66 Å². The third kappa shape index (κ3) is 9.63. The molecule has 1 aromatic rings. The number of ether oxygens (including phenoxy) is 2. The Labute approximate surface area is 191 Å². The van der Waals surface area contributed by atoms with Crippen molar-refractivity contribution in [3.63, 3.8) is 0 Å². The van der Waals surface area contributed by atoms with Gasteiger partial charge in [-0.25, -0.2) is 0 Å². The van der Waals surface area contributed by atoms with E-state index in [1.54, 1.807) is 44.2 Å². The van der Waals surface area contributed by atoms with E-state index in [0.717, 1.165) is 12.8 Å². The molecule has 9 heteroatoms. The molecule has 1 rings (SSSR count). The first kappa shape index (κ1) is 28.0. The van der Waals surface area contributed by atoms with Crippen LogP contribution in [-0.4, -0.2) is 49.9 Å². The Hall–Kier alpha value is -2.02. The zero-order valence-corrected chi connectivity index (χ0v) is 20.5. The zero-order chi connectivity index (χ0) is 23.8. The average Bonchev–Trinajstić information content (AvgIpc) is 2.78. The molecule has 0 heterocycles. The van der Waals surface area contributed by atoms with E-state index >= 15 is 0 Å². The van der Waals surface area contributed by atoms with Crippen molar-refractivity contribution in [2.24, 2.45) is 4.99 Å². The third-order valence-corrected chi connectivity index (χ3v) is 6.65. The molecule has 1 unspecified atom stereocenters. The molecule has 8 nitrogen and oxygen atoms in total. The minimum atomic E-state index is -3.91. The molecular formula is C23H36NO7P. The minimum absolute atomic E-state index is 0.147. The quantitative estimate of drug-likeness (QED) is 0.111. The van der Waals surface area contributed by atoms with Crippen molar-refractivity contribution in [1.29, 1.82) is 0 Å². The van der Waals surface area contributed by atoms with Gasteiger partial charge in [0.2, 0.25) is 5.90 Å². The molecule has 0 saturated heterocycles.